The van der Waals surface area contributed by atoms with E-state index >= 15 is 0 Å². The zero-order valence-corrected chi connectivity index (χ0v) is 13.4. The lowest BCUT2D eigenvalue weighted by Crippen LogP contribution is -2.42. The van der Waals surface area contributed by atoms with E-state index in [4.69, 9.17) is 5.73 Å². The molecule has 0 radical (unpaired) electrons. The van der Waals surface area contributed by atoms with E-state index < -0.39 is 11.9 Å². The van der Waals surface area contributed by atoms with Crippen LogP contribution in [0.4, 0.5) is 18.9 Å². The molecule has 2 heterocycles. The number of halogens is 3. The molecule has 4 atom stereocenters. The SMILES string of the molecule is CSC(N)=N[C@H]1C2CN(c3ccnc(C(F)(F)F)c3)CC23CC13. The fraction of sp³-hybridized carbons (Fsp3) is 0.600. The van der Waals surface area contributed by atoms with Gasteiger partial charge in [0.2, 0.25) is 0 Å². The van der Waals surface area contributed by atoms with E-state index in [1.54, 1.807) is 6.07 Å². The Morgan fingerprint density at radius 2 is 2.26 bits per heavy atom. The number of hydrogen-bond acceptors (Lipinski definition) is 4. The lowest BCUT2D eigenvalue weighted by molar-refractivity contribution is -0.141. The highest BCUT2D eigenvalue weighted by Gasteiger charge is 2.76. The summed E-state index contributed by atoms with van der Waals surface area (Å²) >= 11 is 1.44. The molecule has 3 unspecified atom stereocenters. The van der Waals surface area contributed by atoms with Crippen LogP contribution in [0.25, 0.3) is 0 Å². The fourth-order valence-electron chi connectivity index (χ4n) is 4.33. The highest BCUT2D eigenvalue weighted by Crippen LogP contribution is 2.74. The lowest BCUT2D eigenvalue weighted by atomic mass is 9.71. The standard InChI is InChI=1S/C15H17F3N4S/c1-23-13(19)21-12-9-5-14(9)7-22(6-10(12)14)8-2-3-20-11(4-8)15(16,17)18/h2-4,9-10,12H,5-7H2,1H3,(H2,19,21)/t9?,10?,12-,14?/m1/s1. The molecule has 0 bridgehead atoms. The molecule has 1 saturated heterocycles. The summed E-state index contributed by atoms with van der Waals surface area (Å²) in [5.74, 6) is 0.952. The van der Waals surface area contributed by atoms with Crippen molar-refractivity contribution in [3.63, 3.8) is 0 Å². The van der Waals surface area contributed by atoms with Gasteiger partial charge in [-0.3, -0.25) is 9.98 Å². The van der Waals surface area contributed by atoms with Gasteiger partial charge in [0.15, 0.2) is 5.17 Å². The first-order valence-electron chi connectivity index (χ1n) is 7.50. The van der Waals surface area contributed by atoms with E-state index in [-0.39, 0.29) is 11.5 Å². The van der Waals surface area contributed by atoms with Crippen LogP contribution in [0.2, 0.25) is 0 Å². The predicted octanol–water partition coefficient (Wildman–Crippen LogP) is 2.60. The Labute approximate surface area is 136 Å². The fourth-order valence-corrected chi connectivity index (χ4v) is 4.56. The van der Waals surface area contributed by atoms with Gasteiger partial charge in [-0.15, -0.1) is 0 Å². The molecular formula is C15H17F3N4S. The minimum absolute atomic E-state index is 0.233. The summed E-state index contributed by atoms with van der Waals surface area (Å²) in [5.41, 5.74) is 5.85. The van der Waals surface area contributed by atoms with Crippen molar-refractivity contribution in [3.05, 3.63) is 24.0 Å². The van der Waals surface area contributed by atoms with E-state index in [1.165, 1.54) is 18.0 Å². The molecule has 1 spiro atoms. The molecule has 1 aliphatic heterocycles. The number of alkyl halides is 3. The third-order valence-corrected chi connectivity index (χ3v) is 6.05. The molecule has 8 heteroatoms. The van der Waals surface area contributed by atoms with Gasteiger partial charge in [0.05, 0.1) is 6.04 Å². The van der Waals surface area contributed by atoms with Crippen molar-refractivity contribution in [2.75, 3.05) is 24.2 Å². The molecule has 23 heavy (non-hydrogen) atoms. The molecular weight excluding hydrogens is 325 g/mol. The van der Waals surface area contributed by atoms with Crippen molar-refractivity contribution in [1.29, 1.82) is 0 Å². The zero-order chi connectivity index (χ0) is 16.4. The normalized spacial score (nSPS) is 35.6. The second-order valence-corrected chi connectivity index (χ2v) is 7.42. The van der Waals surface area contributed by atoms with Gasteiger partial charge in [0, 0.05) is 30.9 Å². The molecule has 2 aliphatic carbocycles. The number of hydrogen-bond donors (Lipinski definition) is 1. The van der Waals surface area contributed by atoms with Gasteiger partial charge in [-0.25, -0.2) is 0 Å². The molecule has 0 amide bonds. The minimum Gasteiger partial charge on any atom is -0.379 e. The maximum atomic E-state index is 12.8. The van der Waals surface area contributed by atoms with Crippen molar-refractivity contribution in [2.45, 2.75) is 18.6 Å². The van der Waals surface area contributed by atoms with Crippen LogP contribution >= 0.6 is 11.8 Å². The van der Waals surface area contributed by atoms with Gasteiger partial charge in [-0.2, -0.15) is 13.2 Å². The largest absolute Gasteiger partial charge is 0.433 e. The van der Waals surface area contributed by atoms with E-state index in [1.807, 2.05) is 11.2 Å². The van der Waals surface area contributed by atoms with Crippen LogP contribution in [0.15, 0.2) is 23.3 Å². The number of thioether (sulfide) groups is 1. The molecule has 1 aromatic rings. The molecule has 4 nitrogen and oxygen atoms in total. The molecule has 3 aliphatic rings. The van der Waals surface area contributed by atoms with Gasteiger partial charge in [-0.05, 0) is 36.1 Å². The number of amidine groups is 1. The number of rotatable bonds is 2. The highest BCUT2D eigenvalue weighted by molar-refractivity contribution is 8.13. The maximum Gasteiger partial charge on any atom is 0.433 e. The molecule has 4 rings (SSSR count). The van der Waals surface area contributed by atoms with Crippen LogP contribution in [0.3, 0.4) is 0 Å². The third-order valence-electron chi connectivity index (χ3n) is 5.53. The number of aliphatic imine (C=N–C) groups is 1. The Morgan fingerprint density at radius 1 is 1.48 bits per heavy atom. The summed E-state index contributed by atoms with van der Waals surface area (Å²) in [6.07, 6.45) is -0.161. The summed E-state index contributed by atoms with van der Waals surface area (Å²) in [7, 11) is 0. The van der Waals surface area contributed by atoms with E-state index in [0.29, 0.717) is 22.7 Å². The number of nitrogens with two attached hydrogens (primary N) is 1. The van der Waals surface area contributed by atoms with Crippen LogP contribution in [-0.4, -0.2) is 35.5 Å². The number of aromatic nitrogens is 1. The predicted molar refractivity (Wildman–Crippen MR) is 84.4 cm³/mol. The monoisotopic (exact) mass is 342 g/mol. The summed E-state index contributed by atoms with van der Waals surface area (Å²) in [5, 5.41) is 0.595. The first-order valence-corrected chi connectivity index (χ1v) is 8.73. The highest BCUT2D eigenvalue weighted by atomic mass is 32.2. The topological polar surface area (TPSA) is 54.5 Å². The quantitative estimate of drug-likeness (QED) is 0.663. The lowest BCUT2D eigenvalue weighted by Gasteiger charge is -2.35. The number of nitrogens with zero attached hydrogens (tertiary/aromatic N) is 3. The van der Waals surface area contributed by atoms with Gasteiger partial charge in [0.25, 0.3) is 0 Å². The molecule has 124 valence electrons. The van der Waals surface area contributed by atoms with Crippen LogP contribution < -0.4 is 10.6 Å². The van der Waals surface area contributed by atoms with E-state index in [9.17, 15) is 13.2 Å². The maximum absolute atomic E-state index is 12.8. The Bertz CT molecular complexity index is 677. The van der Waals surface area contributed by atoms with Crippen molar-refractivity contribution < 1.29 is 13.2 Å². The third kappa shape index (κ3) is 2.21. The Balaban J connectivity index is 1.54. The smallest absolute Gasteiger partial charge is 0.379 e. The van der Waals surface area contributed by atoms with E-state index in [2.05, 4.69) is 9.98 Å². The summed E-state index contributed by atoms with van der Waals surface area (Å²) in [6, 6.07) is 3.03. The van der Waals surface area contributed by atoms with Gasteiger partial charge < -0.3 is 10.6 Å². The molecule has 2 saturated carbocycles. The summed E-state index contributed by atoms with van der Waals surface area (Å²) in [6.45, 7) is 1.56. The van der Waals surface area contributed by atoms with Gasteiger partial charge in [0.1, 0.15) is 5.69 Å². The van der Waals surface area contributed by atoms with E-state index in [0.717, 1.165) is 25.6 Å². The van der Waals surface area contributed by atoms with Crippen molar-refractivity contribution in [1.82, 2.24) is 4.98 Å². The second kappa shape index (κ2) is 4.78. The van der Waals surface area contributed by atoms with Crippen molar-refractivity contribution >= 4 is 22.6 Å². The average Bonchev–Trinajstić information content (AvgIpc) is 3.01. The Kier molecular flexibility index (Phi) is 3.14. The minimum atomic E-state index is -4.41. The van der Waals surface area contributed by atoms with Gasteiger partial charge >= 0.3 is 6.18 Å². The van der Waals surface area contributed by atoms with Crippen molar-refractivity contribution in [3.8, 4) is 0 Å². The summed E-state index contributed by atoms with van der Waals surface area (Å²) < 4.78 is 38.5. The summed E-state index contributed by atoms with van der Waals surface area (Å²) in [4.78, 5) is 10.1. The number of pyridine rings is 1. The Hall–Kier alpha value is -1.44. The number of anilines is 1. The van der Waals surface area contributed by atoms with Crippen LogP contribution in [0.1, 0.15) is 12.1 Å². The molecule has 2 N–H and O–H groups in total. The second-order valence-electron chi connectivity index (χ2n) is 6.59. The first-order chi connectivity index (χ1) is 10.8. The Morgan fingerprint density at radius 3 is 2.96 bits per heavy atom. The zero-order valence-electron chi connectivity index (χ0n) is 12.5. The average molecular weight is 342 g/mol. The molecule has 1 aromatic heterocycles. The first kappa shape index (κ1) is 15.1. The van der Waals surface area contributed by atoms with Gasteiger partial charge in [-0.1, -0.05) is 11.8 Å². The van der Waals surface area contributed by atoms with Crippen LogP contribution in [-0.2, 0) is 6.18 Å². The molecule has 3 fully saturated rings. The van der Waals surface area contributed by atoms with Crippen LogP contribution in [0, 0.1) is 17.3 Å². The van der Waals surface area contributed by atoms with Crippen LogP contribution in [0.5, 0.6) is 0 Å². The van der Waals surface area contributed by atoms with Crippen molar-refractivity contribution in [2.24, 2.45) is 28.0 Å². The molecule has 0 aromatic carbocycles.